The molecule has 82 valence electrons. The van der Waals surface area contributed by atoms with Crippen LogP contribution in [0.3, 0.4) is 0 Å². The van der Waals surface area contributed by atoms with E-state index in [1.807, 2.05) is 13.8 Å². The number of ether oxygens (including phenoxy) is 3. The maximum absolute atomic E-state index is 11.3. The lowest BCUT2D eigenvalue weighted by atomic mass is 10.1. The van der Waals surface area contributed by atoms with Gasteiger partial charge in [0.15, 0.2) is 6.29 Å². The Balaban J connectivity index is 2.31. The predicted molar refractivity (Wildman–Crippen MR) is 50.7 cm³/mol. The van der Waals surface area contributed by atoms with Gasteiger partial charge in [0.1, 0.15) is 5.92 Å². The maximum atomic E-state index is 11.3. The molecule has 0 atom stereocenters. The Labute approximate surface area is 84.5 Å². The summed E-state index contributed by atoms with van der Waals surface area (Å²) in [4.78, 5) is 11.3. The summed E-state index contributed by atoms with van der Waals surface area (Å²) in [6.45, 7) is 7.05. The maximum Gasteiger partial charge on any atom is 0.313 e. The van der Waals surface area contributed by atoms with E-state index >= 15 is 0 Å². The second-order valence-electron chi connectivity index (χ2n) is 3.73. The Hall–Kier alpha value is -0.610. The summed E-state index contributed by atoms with van der Waals surface area (Å²) in [6.07, 6.45) is -0.180. The summed E-state index contributed by atoms with van der Waals surface area (Å²) in [5.74, 6) is -0.169. The summed E-state index contributed by atoms with van der Waals surface area (Å²) >= 11 is 0. The highest BCUT2D eigenvalue weighted by Gasteiger charge is 2.29. The summed E-state index contributed by atoms with van der Waals surface area (Å²) in [7, 11) is 0. The van der Waals surface area contributed by atoms with E-state index in [1.54, 1.807) is 6.92 Å². The molecule has 4 heteroatoms. The van der Waals surface area contributed by atoms with Crippen LogP contribution in [-0.2, 0) is 19.0 Å². The number of hydrogen-bond donors (Lipinski definition) is 0. The van der Waals surface area contributed by atoms with E-state index in [0.717, 1.165) is 0 Å². The third kappa shape index (κ3) is 2.96. The average molecular weight is 202 g/mol. The topological polar surface area (TPSA) is 44.8 Å². The molecule has 0 bridgehead atoms. The normalized spacial score (nSPS) is 27.7. The second-order valence-corrected chi connectivity index (χ2v) is 3.73. The summed E-state index contributed by atoms with van der Waals surface area (Å²) < 4.78 is 15.7. The molecule has 0 unspecified atom stereocenters. The third-order valence-corrected chi connectivity index (χ3v) is 2.09. The molecule has 1 heterocycles. The molecule has 1 aliphatic rings. The smallest absolute Gasteiger partial charge is 0.313 e. The van der Waals surface area contributed by atoms with Crippen molar-refractivity contribution in [2.24, 2.45) is 11.8 Å². The second kappa shape index (κ2) is 5.32. The van der Waals surface area contributed by atoms with Gasteiger partial charge < -0.3 is 14.2 Å². The van der Waals surface area contributed by atoms with E-state index in [9.17, 15) is 4.79 Å². The fraction of sp³-hybridized carbons (Fsp3) is 0.900. The lowest BCUT2D eigenvalue weighted by Gasteiger charge is -2.30. The van der Waals surface area contributed by atoms with Crippen molar-refractivity contribution >= 4 is 5.97 Å². The molecule has 1 aliphatic heterocycles. The molecule has 4 nitrogen and oxygen atoms in total. The van der Waals surface area contributed by atoms with E-state index in [1.165, 1.54) is 0 Å². The molecule has 1 rings (SSSR count). The van der Waals surface area contributed by atoms with Crippen LogP contribution >= 0.6 is 0 Å². The highest BCUT2D eigenvalue weighted by atomic mass is 16.7. The summed E-state index contributed by atoms with van der Waals surface area (Å²) in [5, 5.41) is 0. The number of carbonyl (C=O) groups excluding carboxylic acids is 1. The van der Waals surface area contributed by atoms with Gasteiger partial charge in [-0.3, -0.25) is 4.79 Å². The van der Waals surface area contributed by atoms with Crippen LogP contribution in [0.1, 0.15) is 20.8 Å². The van der Waals surface area contributed by atoms with Gasteiger partial charge in [-0.2, -0.15) is 0 Å². The van der Waals surface area contributed by atoms with Crippen LogP contribution in [0.15, 0.2) is 0 Å². The van der Waals surface area contributed by atoms with Crippen molar-refractivity contribution in [2.75, 3.05) is 19.8 Å². The SMILES string of the molecule is CCOC(=O)C1COC(C(C)C)OC1. The van der Waals surface area contributed by atoms with Crippen LogP contribution in [0.2, 0.25) is 0 Å². The molecule has 0 aromatic carbocycles. The van der Waals surface area contributed by atoms with Gasteiger partial charge in [-0.25, -0.2) is 0 Å². The molecule has 0 saturated carbocycles. The van der Waals surface area contributed by atoms with E-state index in [0.29, 0.717) is 25.7 Å². The minimum absolute atomic E-state index is 0.180. The summed E-state index contributed by atoms with van der Waals surface area (Å²) in [6, 6.07) is 0. The van der Waals surface area contributed by atoms with Gasteiger partial charge in [-0.1, -0.05) is 13.8 Å². The minimum atomic E-state index is -0.259. The highest BCUT2D eigenvalue weighted by Crippen LogP contribution is 2.17. The van der Waals surface area contributed by atoms with E-state index < -0.39 is 0 Å². The molecular formula is C10H18O4. The Bertz CT molecular complexity index is 183. The first-order valence-corrected chi connectivity index (χ1v) is 5.05. The van der Waals surface area contributed by atoms with Crippen molar-refractivity contribution in [3.8, 4) is 0 Å². The van der Waals surface area contributed by atoms with Gasteiger partial charge in [-0.15, -0.1) is 0 Å². The molecule has 0 amide bonds. The molecule has 0 spiro atoms. The molecular weight excluding hydrogens is 184 g/mol. The van der Waals surface area contributed by atoms with Crippen LogP contribution in [0.25, 0.3) is 0 Å². The van der Waals surface area contributed by atoms with Gasteiger partial charge in [0.2, 0.25) is 0 Å². The number of rotatable bonds is 3. The zero-order valence-corrected chi connectivity index (χ0v) is 8.99. The van der Waals surface area contributed by atoms with Gasteiger partial charge in [0.25, 0.3) is 0 Å². The molecule has 14 heavy (non-hydrogen) atoms. The van der Waals surface area contributed by atoms with Crippen molar-refractivity contribution in [3.63, 3.8) is 0 Å². The fourth-order valence-electron chi connectivity index (χ4n) is 1.30. The Morgan fingerprint density at radius 1 is 1.43 bits per heavy atom. The zero-order valence-electron chi connectivity index (χ0n) is 8.99. The first-order chi connectivity index (χ1) is 6.65. The number of hydrogen-bond acceptors (Lipinski definition) is 4. The largest absolute Gasteiger partial charge is 0.466 e. The average Bonchev–Trinajstić information content (AvgIpc) is 2.18. The first-order valence-electron chi connectivity index (χ1n) is 5.05. The molecule has 0 radical (unpaired) electrons. The van der Waals surface area contributed by atoms with Crippen molar-refractivity contribution in [1.82, 2.24) is 0 Å². The fourth-order valence-corrected chi connectivity index (χ4v) is 1.30. The van der Waals surface area contributed by atoms with Gasteiger partial charge in [0, 0.05) is 5.92 Å². The van der Waals surface area contributed by atoms with E-state index in [4.69, 9.17) is 14.2 Å². The minimum Gasteiger partial charge on any atom is -0.466 e. The molecule has 0 aliphatic carbocycles. The van der Waals surface area contributed by atoms with Crippen molar-refractivity contribution in [1.29, 1.82) is 0 Å². The molecule has 1 fully saturated rings. The number of esters is 1. The van der Waals surface area contributed by atoms with Gasteiger partial charge >= 0.3 is 5.97 Å². The van der Waals surface area contributed by atoms with Crippen LogP contribution in [-0.4, -0.2) is 32.1 Å². The van der Waals surface area contributed by atoms with Crippen molar-refractivity contribution in [2.45, 2.75) is 27.1 Å². The Kier molecular flexibility index (Phi) is 4.35. The van der Waals surface area contributed by atoms with Crippen LogP contribution in [0, 0.1) is 11.8 Å². The summed E-state index contributed by atoms with van der Waals surface area (Å²) in [5.41, 5.74) is 0. The predicted octanol–water partition coefficient (Wildman–Crippen LogP) is 1.19. The van der Waals surface area contributed by atoms with E-state index in [2.05, 4.69) is 0 Å². The monoisotopic (exact) mass is 202 g/mol. The standard InChI is InChI=1S/C10H18O4/c1-4-12-9(11)8-5-13-10(7(2)3)14-6-8/h7-8,10H,4-6H2,1-3H3. The molecule has 0 aromatic rings. The van der Waals surface area contributed by atoms with Gasteiger partial charge in [0.05, 0.1) is 19.8 Å². The van der Waals surface area contributed by atoms with Crippen LogP contribution in [0.4, 0.5) is 0 Å². The quantitative estimate of drug-likeness (QED) is 0.645. The Morgan fingerprint density at radius 2 is 2.00 bits per heavy atom. The molecule has 1 saturated heterocycles. The lowest BCUT2D eigenvalue weighted by molar-refractivity contribution is -0.224. The lowest BCUT2D eigenvalue weighted by Crippen LogP contribution is -2.39. The first kappa shape index (κ1) is 11.5. The van der Waals surface area contributed by atoms with Crippen LogP contribution in [0.5, 0.6) is 0 Å². The zero-order chi connectivity index (χ0) is 10.6. The van der Waals surface area contributed by atoms with Crippen molar-refractivity contribution < 1.29 is 19.0 Å². The van der Waals surface area contributed by atoms with Gasteiger partial charge in [-0.05, 0) is 6.92 Å². The third-order valence-electron chi connectivity index (χ3n) is 2.09. The Morgan fingerprint density at radius 3 is 2.43 bits per heavy atom. The van der Waals surface area contributed by atoms with Crippen LogP contribution < -0.4 is 0 Å². The van der Waals surface area contributed by atoms with E-state index in [-0.39, 0.29) is 18.2 Å². The molecule has 0 N–H and O–H groups in total. The highest BCUT2D eigenvalue weighted by molar-refractivity contribution is 5.72. The number of carbonyl (C=O) groups is 1. The van der Waals surface area contributed by atoms with Crippen molar-refractivity contribution in [3.05, 3.63) is 0 Å². The molecule has 0 aromatic heterocycles.